The van der Waals surface area contributed by atoms with Gasteiger partial charge in [-0.15, -0.1) is 0 Å². The maximum absolute atomic E-state index is 11.4. The summed E-state index contributed by atoms with van der Waals surface area (Å²) in [4.78, 5) is 11.4. The summed E-state index contributed by atoms with van der Waals surface area (Å²) in [5.74, 6) is -0.305. The van der Waals surface area contributed by atoms with E-state index in [-0.39, 0.29) is 30.7 Å². The molecule has 24 heavy (non-hydrogen) atoms. The van der Waals surface area contributed by atoms with Gasteiger partial charge in [0.15, 0.2) is 0 Å². The van der Waals surface area contributed by atoms with E-state index >= 15 is 0 Å². The van der Waals surface area contributed by atoms with E-state index < -0.39 is 0 Å². The Hall–Kier alpha value is -1.17. The normalized spacial score (nSPS) is 30.7. The summed E-state index contributed by atoms with van der Waals surface area (Å²) >= 11 is 0. The molecule has 5 nitrogen and oxygen atoms in total. The van der Waals surface area contributed by atoms with Crippen LogP contribution in [0.2, 0.25) is 0 Å². The Morgan fingerprint density at radius 3 is 2.79 bits per heavy atom. The number of methoxy groups -OCH3 is 2. The quantitative estimate of drug-likeness (QED) is 0.581. The Morgan fingerprint density at radius 2 is 2.08 bits per heavy atom. The first-order chi connectivity index (χ1) is 11.6. The Bertz CT molecular complexity index is 416. The van der Waals surface area contributed by atoms with Gasteiger partial charge in [-0.3, -0.25) is 0 Å². The highest BCUT2D eigenvalue weighted by molar-refractivity contribution is 5.70. The highest BCUT2D eigenvalue weighted by Crippen LogP contribution is 2.19. The fourth-order valence-electron chi connectivity index (χ4n) is 2.79. The Balaban J connectivity index is 2.89. The number of rotatable bonds is 4. The minimum atomic E-state index is -0.385. The molecular formula is C19H32O5. The molecule has 0 bridgehead atoms. The van der Waals surface area contributed by atoms with E-state index in [1.54, 1.807) is 7.11 Å². The van der Waals surface area contributed by atoms with Crippen LogP contribution in [0.3, 0.4) is 0 Å². The molecule has 1 heterocycles. The Labute approximate surface area is 146 Å². The van der Waals surface area contributed by atoms with Crippen LogP contribution in [-0.4, -0.2) is 52.2 Å². The first-order valence-corrected chi connectivity index (χ1v) is 8.71. The van der Waals surface area contributed by atoms with Crippen molar-refractivity contribution in [1.82, 2.24) is 0 Å². The summed E-state index contributed by atoms with van der Waals surface area (Å²) in [5.41, 5.74) is 1.16. The van der Waals surface area contributed by atoms with Crippen LogP contribution in [0, 0.1) is 5.92 Å². The van der Waals surface area contributed by atoms with Gasteiger partial charge in [0.1, 0.15) is 12.7 Å². The third kappa shape index (κ3) is 8.08. The van der Waals surface area contributed by atoms with Crippen molar-refractivity contribution >= 4 is 5.97 Å². The van der Waals surface area contributed by atoms with Gasteiger partial charge in [0.25, 0.3) is 0 Å². The van der Waals surface area contributed by atoms with Crippen LogP contribution in [0.25, 0.3) is 0 Å². The second kappa shape index (κ2) is 12.2. The van der Waals surface area contributed by atoms with Crippen LogP contribution in [0.5, 0.6) is 0 Å². The zero-order valence-corrected chi connectivity index (χ0v) is 15.5. The summed E-state index contributed by atoms with van der Waals surface area (Å²) in [6.45, 7) is 5.46. The molecule has 3 atom stereocenters. The van der Waals surface area contributed by atoms with Crippen LogP contribution in [0.15, 0.2) is 23.8 Å². The maximum atomic E-state index is 11.4. The van der Waals surface area contributed by atoms with Crippen molar-refractivity contribution in [2.75, 3.05) is 34.0 Å². The van der Waals surface area contributed by atoms with Gasteiger partial charge in [0, 0.05) is 19.6 Å². The van der Waals surface area contributed by atoms with Crippen LogP contribution in [-0.2, 0) is 23.7 Å². The molecule has 1 aliphatic heterocycles. The summed E-state index contributed by atoms with van der Waals surface area (Å²) in [7, 11) is 3.02. The first-order valence-electron chi connectivity index (χ1n) is 8.71. The van der Waals surface area contributed by atoms with Gasteiger partial charge < -0.3 is 18.9 Å². The summed E-state index contributed by atoms with van der Waals surface area (Å²) in [6, 6.07) is 0. The summed E-state index contributed by atoms with van der Waals surface area (Å²) in [5, 5.41) is 0. The number of hydrogen-bond donors (Lipinski definition) is 0. The second-order valence-electron chi connectivity index (χ2n) is 6.25. The van der Waals surface area contributed by atoms with E-state index in [2.05, 4.69) is 30.7 Å². The molecule has 0 aromatic heterocycles. The highest BCUT2D eigenvalue weighted by atomic mass is 16.6. The van der Waals surface area contributed by atoms with Gasteiger partial charge in [-0.05, 0) is 26.2 Å². The Morgan fingerprint density at radius 1 is 1.29 bits per heavy atom. The SMILES string of the molecule is COC(=O)CO[C@H]1[C@H](C)/C=C(/C)COCCCCC/C=C/[C@@H]1OC. The second-order valence-corrected chi connectivity index (χ2v) is 6.25. The molecule has 138 valence electrons. The van der Waals surface area contributed by atoms with Crippen molar-refractivity contribution < 1.29 is 23.7 Å². The lowest BCUT2D eigenvalue weighted by Gasteiger charge is -2.28. The molecule has 1 aliphatic rings. The third-order valence-electron chi connectivity index (χ3n) is 4.10. The number of ether oxygens (including phenoxy) is 4. The van der Waals surface area contributed by atoms with E-state index in [0.717, 1.165) is 37.9 Å². The molecule has 0 radical (unpaired) electrons. The average molecular weight is 340 g/mol. The van der Waals surface area contributed by atoms with Crippen molar-refractivity contribution in [3.05, 3.63) is 23.8 Å². The molecule has 0 spiro atoms. The monoisotopic (exact) mass is 340 g/mol. The first kappa shape index (κ1) is 20.9. The van der Waals surface area contributed by atoms with Crippen molar-refractivity contribution in [2.45, 2.75) is 51.7 Å². The smallest absolute Gasteiger partial charge is 0.331 e. The molecule has 0 aliphatic carbocycles. The predicted octanol–water partition coefficient (Wildman–Crippen LogP) is 3.29. The topological polar surface area (TPSA) is 54.0 Å². The number of carbonyl (C=O) groups excluding carboxylic acids is 1. The molecular weight excluding hydrogens is 308 g/mol. The molecule has 0 unspecified atom stereocenters. The molecule has 0 aromatic carbocycles. The van der Waals surface area contributed by atoms with E-state index in [4.69, 9.17) is 14.2 Å². The van der Waals surface area contributed by atoms with Gasteiger partial charge in [-0.1, -0.05) is 37.1 Å². The lowest BCUT2D eigenvalue weighted by atomic mass is 9.96. The molecule has 0 saturated heterocycles. The van der Waals surface area contributed by atoms with E-state index in [0.29, 0.717) is 6.61 Å². The largest absolute Gasteiger partial charge is 0.467 e. The number of allylic oxidation sites excluding steroid dienone is 1. The van der Waals surface area contributed by atoms with Crippen molar-refractivity contribution in [3.63, 3.8) is 0 Å². The standard InChI is InChI=1S/C19H32O5/c1-15-12-16(2)19(24-14-18(20)22-4)17(21-3)10-8-6-5-7-9-11-23-13-15/h8,10,12,16-17,19H,5-7,9,11,13-14H2,1-4H3/b10-8+,15-12-/t16-,17+,19+/m1/s1. The maximum Gasteiger partial charge on any atom is 0.331 e. The number of carbonyl (C=O) groups is 1. The van der Waals surface area contributed by atoms with Crippen LogP contribution in [0.1, 0.15) is 39.5 Å². The van der Waals surface area contributed by atoms with Gasteiger partial charge in [0.2, 0.25) is 0 Å². The molecule has 5 heteroatoms. The van der Waals surface area contributed by atoms with E-state index in [1.165, 1.54) is 7.11 Å². The lowest BCUT2D eigenvalue weighted by Crippen LogP contribution is -2.36. The molecule has 1 rings (SSSR count). The van der Waals surface area contributed by atoms with Crippen LogP contribution < -0.4 is 0 Å². The summed E-state index contributed by atoms with van der Waals surface area (Å²) in [6.07, 6.45) is 10.2. The zero-order chi connectivity index (χ0) is 17.8. The van der Waals surface area contributed by atoms with Gasteiger partial charge >= 0.3 is 5.97 Å². The number of esters is 1. The lowest BCUT2D eigenvalue weighted by molar-refractivity contribution is -0.151. The van der Waals surface area contributed by atoms with Crippen LogP contribution >= 0.6 is 0 Å². The zero-order valence-electron chi connectivity index (χ0n) is 15.5. The Kier molecular flexibility index (Phi) is 10.6. The summed E-state index contributed by atoms with van der Waals surface area (Å²) < 4.78 is 21.8. The average Bonchev–Trinajstić information content (AvgIpc) is 2.57. The van der Waals surface area contributed by atoms with E-state index in [9.17, 15) is 4.79 Å². The highest BCUT2D eigenvalue weighted by Gasteiger charge is 2.26. The van der Waals surface area contributed by atoms with Crippen molar-refractivity contribution in [1.29, 1.82) is 0 Å². The van der Waals surface area contributed by atoms with Gasteiger partial charge in [-0.25, -0.2) is 4.79 Å². The van der Waals surface area contributed by atoms with Crippen molar-refractivity contribution in [3.8, 4) is 0 Å². The minimum Gasteiger partial charge on any atom is -0.467 e. The minimum absolute atomic E-state index is 0.0794. The van der Waals surface area contributed by atoms with Gasteiger partial charge in [-0.2, -0.15) is 0 Å². The fourth-order valence-corrected chi connectivity index (χ4v) is 2.79. The van der Waals surface area contributed by atoms with Gasteiger partial charge in [0.05, 0.1) is 19.8 Å². The molecule has 0 N–H and O–H groups in total. The van der Waals surface area contributed by atoms with Crippen LogP contribution in [0.4, 0.5) is 0 Å². The third-order valence-corrected chi connectivity index (χ3v) is 4.10. The molecule has 0 saturated carbocycles. The molecule has 0 aromatic rings. The molecule has 0 amide bonds. The molecule has 0 fully saturated rings. The predicted molar refractivity (Wildman–Crippen MR) is 93.9 cm³/mol. The number of hydrogen-bond acceptors (Lipinski definition) is 5. The van der Waals surface area contributed by atoms with Crippen molar-refractivity contribution in [2.24, 2.45) is 5.92 Å². The fraction of sp³-hybridized carbons (Fsp3) is 0.737. The van der Waals surface area contributed by atoms with E-state index in [1.807, 2.05) is 6.08 Å².